The van der Waals surface area contributed by atoms with Crippen molar-refractivity contribution < 1.29 is 9.47 Å². The van der Waals surface area contributed by atoms with Crippen molar-refractivity contribution in [2.24, 2.45) is 0 Å². The summed E-state index contributed by atoms with van der Waals surface area (Å²) in [6.07, 6.45) is 0.189. The van der Waals surface area contributed by atoms with E-state index in [9.17, 15) is 0 Å². The number of ether oxygens (including phenoxy) is 2. The molecule has 0 saturated carbocycles. The zero-order chi connectivity index (χ0) is 13.0. The fourth-order valence-corrected chi connectivity index (χ4v) is 1.60. The summed E-state index contributed by atoms with van der Waals surface area (Å²) in [6.45, 7) is 6.08. The maximum absolute atomic E-state index is 5.74. The molecule has 0 heterocycles. The molecule has 0 bridgehead atoms. The molecule has 0 N–H and O–H groups in total. The lowest BCUT2D eigenvalue weighted by Crippen LogP contribution is -2.05. The number of rotatable bonds is 4. The minimum absolute atomic E-state index is 0.189. The highest BCUT2D eigenvalue weighted by Crippen LogP contribution is 2.24. The highest BCUT2D eigenvalue weighted by atomic mass is 16.5. The van der Waals surface area contributed by atoms with Crippen LogP contribution in [0.5, 0.6) is 17.2 Å². The highest BCUT2D eigenvalue weighted by Gasteiger charge is 2.00. The van der Waals surface area contributed by atoms with Gasteiger partial charge in [-0.2, -0.15) is 0 Å². The van der Waals surface area contributed by atoms with Crippen molar-refractivity contribution in [1.82, 2.24) is 0 Å². The molecule has 0 aliphatic heterocycles. The quantitative estimate of drug-likeness (QED) is 0.781. The Morgan fingerprint density at radius 1 is 0.722 bits per heavy atom. The fourth-order valence-electron chi connectivity index (χ4n) is 1.60. The number of hydrogen-bond acceptors (Lipinski definition) is 2. The van der Waals surface area contributed by atoms with Gasteiger partial charge in [0.05, 0.1) is 6.10 Å². The SMILES string of the molecule is Cc1ccc(Oc2ccc(OC(C)C)cc2)cc1. The van der Waals surface area contributed by atoms with Gasteiger partial charge in [-0.25, -0.2) is 0 Å². The molecule has 2 heteroatoms. The van der Waals surface area contributed by atoms with E-state index < -0.39 is 0 Å². The molecular formula is C16H18O2. The largest absolute Gasteiger partial charge is 0.491 e. The van der Waals surface area contributed by atoms with Crippen LogP contribution in [0.25, 0.3) is 0 Å². The molecule has 94 valence electrons. The number of hydrogen-bond donors (Lipinski definition) is 0. The molecule has 0 radical (unpaired) electrons. The minimum atomic E-state index is 0.189. The predicted molar refractivity (Wildman–Crippen MR) is 73.5 cm³/mol. The zero-order valence-electron chi connectivity index (χ0n) is 11.0. The van der Waals surface area contributed by atoms with Crippen molar-refractivity contribution in [2.45, 2.75) is 26.9 Å². The smallest absolute Gasteiger partial charge is 0.127 e. The van der Waals surface area contributed by atoms with Crippen molar-refractivity contribution in [3.8, 4) is 17.2 Å². The van der Waals surface area contributed by atoms with Crippen LogP contribution in [0.1, 0.15) is 19.4 Å². The van der Waals surface area contributed by atoms with Gasteiger partial charge in [-0.3, -0.25) is 0 Å². The minimum Gasteiger partial charge on any atom is -0.491 e. The monoisotopic (exact) mass is 242 g/mol. The van der Waals surface area contributed by atoms with Crippen LogP contribution in [0, 0.1) is 6.92 Å². The van der Waals surface area contributed by atoms with E-state index in [0.29, 0.717) is 0 Å². The van der Waals surface area contributed by atoms with Gasteiger partial charge in [0.15, 0.2) is 0 Å². The van der Waals surface area contributed by atoms with Gasteiger partial charge < -0.3 is 9.47 Å². The molecule has 18 heavy (non-hydrogen) atoms. The average Bonchev–Trinajstić information content (AvgIpc) is 2.34. The first-order chi connectivity index (χ1) is 8.63. The molecule has 2 aromatic rings. The topological polar surface area (TPSA) is 18.5 Å². The van der Waals surface area contributed by atoms with E-state index in [0.717, 1.165) is 17.2 Å². The molecule has 2 rings (SSSR count). The van der Waals surface area contributed by atoms with E-state index >= 15 is 0 Å². The Morgan fingerprint density at radius 2 is 1.17 bits per heavy atom. The van der Waals surface area contributed by atoms with Crippen LogP contribution in [0.4, 0.5) is 0 Å². The van der Waals surface area contributed by atoms with E-state index in [1.807, 2.05) is 62.4 Å². The van der Waals surface area contributed by atoms with E-state index in [2.05, 4.69) is 6.92 Å². The second-order valence-corrected chi connectivity index (χ2v) is 4.55. The van der Waals surface area contributed by atoms with E-state index in [1.54, 1.807) is 0 Å². The molecule has 0 saturated heterocycles. The molecule has 2 nitrogen and oxygen atoms in total. The molecule has 0 spiro atoms. The number of benzene rings is 2. The van der Waals surface area contributed by atoms with Gasteiger partial charge in [0, 0.05) is 0 Å². The van der Waals surface area contributed by atoms with Gasteiger partial charge in [0.25, 0.3) is 0 Å². The van der Waals surface area contributed by atoms with Crippen molar-refractivity contribution in [2.75, 3.05) is 0 Å². The fraction of sp³-hybridized carbons (Fsp3) is 0.250. The predicted octanol–water partition coefficient (Wildman–Crippen LogP) is 4.57. The Morgan fingerprint density at radius 3 is 1.67 bits per heavy atom. The highest BCUT2D eigenvalue weighted by molar-refractivity contribution is 5.36. The summed E-state index contributed by atoms with van der Waals surface area (Å²) in [4.78, 5) is 0. The van der Waals surface area contributed by atoms with Crippen molar-refractivity contribution >= 4 is 0 Å². The first-order valence-corrected chi connectivity index (χ1v) is 6.15. The summed E-state index contributed by atoms with van der Waals surface area (Å²) in [5.74, 6) is 2.52. The maximum Gasteiger partial charge on any atom is 0.127 e. The Labute approximate surface area is 108 Å². The third-order valence-corrected chi connectivity index (χ3v) is 2.45. The summed E-state index contributed by atoms with van der Waals surface area (Å²) in [5, 5.41) is 0. The Bertz CT molecular complexity index is 484. The van der Waals surface area contributed by atoms with Gasteiger partial charge in [0.2, 0.25) is 0 Å². The van der Waals surface area contributed by atoms with Crippen LogP contribution < -0.4 is 9.47 Å². The first-order valence-electron chi connectivity index (χ1n) is 6.15. The summed E-state index contributed by atoms with van der Waals surface area (Å²) in [6, 6.07) is 15.7. The zero-order valence-corrected chi connectivity index (χ0v) is 11.0. The summed E-state index contributed by atoms with van der Waals surface area (Å²) in [7, 11) is 0. The summed E-state index contributed by atoms with van der Waals surface area (Å²) in [5.41, 5.74) is 1.23. The van der Waals surface area contributed by atoms with Crippen molar-refractivity contribution in [3.63, 3.8) is 0 Å². The van der Waals surface area contributed by atoms with Crippen LogP contribution in [-0.2, 0) is 0 Å². The molecule has 0 aliphatic rings. The average molecular weight is 242 g/mol. The molecule has 0 aliphatic carbocycles. The molecule has 0 fully saturated rings. The van der Waals surface area contributed by atoms with Crippen molar-refractivity contribution in [3.05, 3.63) is 54.1 Å². The molecule has 2 aromatic carbocycles. The van der Waals surface area contributed by atoms with Gasteiger partial charge in [-0.15, -0.1) is 0 Å². The lowest BCUT2D eigenvalue weighted by molar-refractivity contribution is 0.242. The van der Waals surface area contributed by atoms with Gasteiger partial charge >= 0.3 is 0 Å². The Hall–Kier alpha value is -1.96. The lowest BCUT2D eigenvalue weighted by Gasteiger charge is -2.10. The van der Waals surface area contributed by atoms with Crippen LogP contribution in [0.3, 0.4) is 0 Å². The second kappa shape index (κ2) is 5.58. The van der Waals surface area contributed by atoms with Crippen LogP contribution in [0.2, 0.25) is 0 Å². The molecule has 0 amide bonds. The first kappa shape index (κ1) is 12.5. The standard InChI is InChI=1S/C16H18O2/c1-12(2)17-14-8-10-16(11-9-14)18-15-6-4-13(3)5-7-15/h4-12H,1-3H3. The Kier molecular flexibility index (Phi) is 3.88. The van der Waals surface area contributed by atoms with E-state index in [4.69, 9.17) is 9.47 Å². The van der Waals surface area contributed by atoms with Gasteiger partial charge in [0.1, 0.15) is 17.2 Å². The summed E-state index contributed by atoms with van der Waals surface area (Å²) >= 11 is 0. The lowest BCUT2D eigenvalue weighted by atomic mass is 10.2. The van der Waals surface area contributed by atoms with Gasteiger partial charge in [-0.05, 0) is 57.2 Å². The molecular weight excluding hydrogens is 224 g/mol. The van der Waals surface area contributed by atoms with Crippen LogP contribution in [-0.4, -0.2) is 6.10 Å². The third kappa shape index (κ3) is 3.52. The Balaban J connectivity index is 2.04. The van der Waals surface area contributed by atoms with Crippen LogP contribution in [0.15, 0.2) is 48.5 Å². The molecule has 0 aromatic heterocycles. The van der Waals surface area contributed by atoms with E-state index in [1.165, 1.54) is 5.56 Å². The van der Waals surface area contributed by atoms with Crippen LogP contribution >= 0.6 is 0 Å². The van der Waals surface area contributed by atoms with E-state index in [-0.39, 0.29) is 6.10 Å². The van der Waals surface area contributed by atoms with Gasteiger partial charge in [-0.1, -0.05) is 17.7 Å². The second-order valence-electron chi connectivity index (χ2n) is 4.55. The number of aryl methyl sites for hydroxylation is 1. The maximum atomic E-state index is 5.74. The molecule has 0 unspecified atom stereocenters. The third-order valence-electron chi connectivity index (χ3n) is 2.45. The normalized spacial score (nSPS) is 10.4. The van der Waals surface area contributed by atoms with Crippen molar-refractivity contribution in [1.29, 1.82) is 0 Å². The summed E-state index contributed by atoms with van der Waals surface area (Å²) < 4.78 is 11.3. The molecule has 0 atom stereocenters.